The second-order valence-corrected chi connectivity index (χ2v) is 7.31. The molecule has 0 aliphatic heterocycles. The van der Waals surface area contributed by atoms with Gasteiger partial charge in [0, 0.05) is 35.5 Å². The van der Waals surface area contributed by atoms with Gasteiger partial charge < -0.3 is 9.67 Å². The summed E-state index contributed by atoms with van der Waals surface area (Å²) in [6, 6.07) is 1.98. The van der Waals surface area contributed by atoms with Gasteiger partial charge >= 0.3 is 0 Å². The average molecular weight is 358 g/mol. The summed E-state index contributed by atoms with van der Waals surface area (Å²) in [5.74, 6) is 5.80. The lowest BCUT2D eigenvalue weighted by molar-refractivity contribution is 0.143. The molecule has 3 heterocycles. The summed E-state index contributed by atoms with van der Waals surface area (Å²) >= 11 is 0. The molecule has 0 saturated heterocycles. The molecule has 0 radical (unpaired) electrons. The first-order valence-corrected chi connectivity index (χ1v) is 9.09. The Morgan fingerprint density at radius 3 is 2.89 bits per heavy atom. The van der Waals surface area contributed by atoms with E-state index in [0.717, 1.165) is 41.4 Å². The van der Waals surface area contributed by atoms with Crippen molar-refractivity contribution < 1.29 is 5.11 Å². The van der Waals surface area contributed by atoms with E-state index in [-0.39, 0.29) is 0 Å². The largest absolute Gasteiger partial charge is 0.378 e. The Balaban J connectivity index is 1.81. The lowest BCUT2D eigenvalue weighted by atomic mass is 10.1. The molecular weight excluding hydrogens is 336 g/mol. The number of nitrogens with one attached hydrogen (secondary N) is 1. The summed E-state index contributed by atoms with van der Waals surface area (Å²) in [4.78, 5) is 4.49. The van der Waals surface area contributed by atoms with Crippen molar-refractivity contribution in [3.63, 3.8) is 0 Å². The number of rotatable bonds is 3. The summed E-state index contributed by atoms with van der Waals surface area (Å²) in [5.41, 5.74) is 4.08. The van der Waals surface area contributed by atoms with Crippen molar-refractivity contribution in [3.8, 4) is 23.0 Å². The lowest BCUT2D eigenvalue weighted by Gasteiger charge is -2.09. The van der Waals surface area contributed by atoms with Gasteiger partial charge in [-0.05, 0) is 44.2 Å². The summed E-state index contributed by atoms with van der Waals surface area (Å²) in [7, 11) is 0. The fraction of sp³-hybridized carbons (Fsp3) is 0.273. The molecule has 27 heavy (non-hydrogen) atoms. The second kappa shape index (κ2) is 6.90. The van der Waals surface area contributed by atoms with Crippen LogP contribution in [0.4, 0.5) is 0 Å². The molecule has 1 aliphatic carbocycles. The van der Waals surface area contributed by atoms with Crippen molar-refractivity contribution in [2.24, 2.45) is 0 Å². The van der Waals surface area contributed by atoms with Crippen molar-refractivity contribution >= 4 is 10.9 Å². The molecule has 0 spiro atoms. The van der Waals surface area contributed by atoms with Crippen molar-refractivity contribution in [3.05, 3.63) is 60.3 Å². The van der Waals surface area contributed by atoms with Gasteiger partial charge in [-0.2, -0.15) is 5.10 Å². The number of allylic oxidation sites excluding steroid dienone is 4. The SMILES string of the molecule is CC(C)(O)C#Cc1cc2c(-c3cn[nH]c3)cn(CC3=CCCC=C3)c2cn1. The highest BCUT2D eigenvalue weighted by molar-refractivity contribution is 5.96. The molecule has 3 aromatic heterocycles. The van der Waals surface area contributed by atoms with Crippen molar-refractivity contribution in [2.75, 3.05) is 0 Å². The summed E-state index contributed by atoms with van der Waals surface area (Å²) in [6.45, 7) is 4.13. The summed E-state index contributed by atoms with van der Waals surface area (Å²) in [5, 5.41) is 17.9. The first kappa shape index (κ1) is 17.3. The molecule has 0 bridgehead atoms. The molecule has 0 atom stereocenters. The molecule has 0 saturated carbocycles. The maximum absolute atomic E-state index is 9.85. The average Bonchev–Trinajstić information content (AvgIpc) is 3.28. The van der Waals surface area contributed by atoms with Gasteiger partial charge in [0.1, 0.15) is 11.3 Å². The molecule has 5 heteroatoms. The van der Waals surface area contributed by atoms with Crippen LogP contribution in [0.15, 0.2) is 54.7 Å². The zero-order valence-electron chi connectivity index (χ0n) is 15.5. The first-order chi connectivity index (χ1) is 13.0. The molecule has 136 valence electrons. The van der Waals surface area contributed by atoms with E-state index in [1.54, 1.807) is 13.8 Å². The van der Waals surface area contributed by atoms with Gasteiger partial charge in [-0.3, -0.25) is 5.10 Å². The number of pyridine rings is 1. The van der Waals surface area contributed by atoms with Gasteiger partial charge in [-0.1, -0.05) is 24.1 Å². The number of aromatic amines is 1. The standard InChI is InChI=1S/C22H22N4O/c1-22(2,27)9-8-18-10-19-20(17-11-24-25-12-17)15-26(21(19)13-23-18)14-16-6-4-3-5-7-16/h4,6-7,10-13,15,27H,3,5,14H2,1-2H3,(H,24,25). The molecule has 2 N–H and O–H groups in total. The number of nitrogens with zero attached hydrogens (tertiary/aromatic N) is 3. The van der Waals surface area contributed by atoms with Crippen LogP contribution in [0.3, 0.4) is 0 Å². The third kappa shape index (κ3) is 3.86. The van der Waals surface area contributed by atoms with Crippen LogP contribution < -0.4 is 0 Å². The number of aliphatic hydroxyl groups is 1. The quantitative estimate of drug-likeness (QED) is 0.700. The van der Waals surface area contributed by atoms with Crippen LogP contribution >= 0.6 is 0 Å². The number of hydrogen-bond donors (Lipinski definition) is 2. The highest BCUT2D eigenvalue weighted by atomic mass is 16.3. The van der Waals surface area contributed by atoms with Gasteiger partial charge in [-0.25, -0.2) is 4.98 Å². The zero-order chi connectivity index (χ0) is 18.9. The van der Waals surface area contributed by atoms with Crippen LogP contribution in [-0.2, 0) is 6.54 Å². The fourth-order valence-electron chi connectivity index (χ4n) is 3.21. The Morgan fingerprint density at radius 1 is 1.30 bits per heavy atom. The van der Waals surface area contributed by atoms with E-state index in [4.69, 9.17) is 0 Å². The summed E-state index contributed by atoms with van der Waals surface area (Å²) < 4.78 is 2.22. The molecule has 4 rings (SSSR count). The van der Waals surface area contributed by atoms with Crippen LogP contribution in [0.5, 0.6) is 0 Å². The minimum Gasteiger partial charge on any atom is -0.378 e. The second-order valence-electron chi connectivity index (χ2n) is 7.31. The Hall–Kier alpha value is -3.10. The highest BCUT2D eigenvalue weighted by Crippen LogP contribution is 2.31. The molecule has 0 amide bonds. The molecule has 0 unspecified atom stereocenters. The van der Waals surface area contributed by atoms with Crippen molar-refractivity contribution in [1.29, 1.82) is 0 Å². The Bertz CT molecular complexity index is 1080. The van der Waals surface area contributed by atoms with Crippen LogP contribution in [0.1, 0.15) is 32.4 Å². The predicted molar refractivity (Wildman–Crippen MR) is 107 cm³/mol. The molecule has 3 aromatic rings. The van der Waals surface area contributed by atoms with Gasteiger partial charge in [0.05, 0.1) is 17.9 Å². The van der Waals surface area contributed by atoms with Crippen LogP contribution in [0.2, 0.25) is 0 Å². The smallest absolute Gasteiger partial charge is 0.120 e. The Kier molecular flexibility index (Phi) is 4.43. The predicted octanol–water partition coefficient (Wildman–Crippen LogP) is 3.83. The third-order valence-electron chi connectivity index (χ3n) is 4.50. The molecule has 1 aliphatic rings. The van der Waals surface area contributed by atoms with Crippen LogP contribution in [-0.4, -0.2) is 30.5 Å². The van der Waals surface area contributed by atoms with E-state index in [0.29, 0.717) is 5.69 Å². The molecule has 0 aromatic carbocycles. The number of H-pyrrole nitrogens is 1. The monoisotopic (exact) mass is 358 g/mol. The normalized spacial score (nSPS) is 14.1. The minimum absolute atomic E-state index is 0.642. The van der Waals surface area contributed by atoms with Gasteiger partial charge in [0.15, 0.2) is 0 Å². The Labute approximate surface area is 158 Å². The maximum Gasteiger partial charge on any atom is 0.120 e. The Morgan fingerprint density at radius 2 is 2.19 bits per heavy atom. The number of aromatic nitrogens is 4. The number of hydrogen-bond acceptors (Lipinski definition) is 3. The van der Waals surface area contributed by atoms with E-state index in [1.807, 2.05) is 24.7 Å². The maximum atomic E-state index is 9.85. The minimum atomic E-state index is -1.05. The van der Waals surface area contributed by atoms with Gasteiger partial charge in [0.25, 0.3) is 0 Å². The summed E-state index contributed by atoms with van der Waals surface area (Å²) in [6.07, 6.45) is 16.6. The van der Waals surface area contributed by atoms with Crippen molar-refractivity contribution in [2.45, 2.75) is 38.8 Å². The molecular formula is C22H22N4O. The van der Waals surface area contributed by atoms with E-state index in [9.17, 15) is 5.11 Å². The van der Waals surface area contributed by atoms with Gasteiger partial charge in [-0.15, -0.1) is 0 Å². The fourth-order valence-corrected chi connectivity index (χ4v) is 3.21. The molecule has 0 fully saturated rings. The van der Waals surface area contributed by atoms with E-state index in [1.165, 1.54) is 5.57 Å². The topological polar surface area (TPSA) is 66.7 Å². The van der Waals surface area contributed by atoms with Crippen molar-refractivity contribution in [1.82, 2.24) is 19.7 Å². The highest BCUT2D eigenvalue weighted by Gasteiger charge is 2.14. The van der Waals surface area contributed by atoms with E-state index >= 15 is 0 Å². The van der Waals surface area contributed by atoms with E-state index < -0.39 is 5.60 Å². The third-order valence-corrected chi connectivity index (χ3v) is 4.50. The zero-order valence-corrected chi connectivity index (χ0v) is 15.5. The van der Waals surface area contributed by atoms with Crippen LogP contribution in [0, 0.1) is 11.8 Å². The first-order valence-electron chi connectivity index (χ1n) is 9.09. The number of fused-ring (bicyclic) bond motifs is 1. The molecule has 5 nitrogen and oxygen atoms in total. The van der Waals surface area contributed by atoms with Crippen LogP contribution in [0.25, 0.3) is 22.0 Å². The van der Waals surface area contributed by atoms with E-state index in [2.05, 4.69) is 56.0 Å². The van der Waals surface area contributed by atoms with Gasteiger partial charge in [0.2, 0.25) is 0 Å². The lowest BCUT2D eigenvalue weighted by Crippen LogP contribution is -2.14.